The summed E-state index contributed by atoms with van der Waals surface area (Å²) < 4.78 is 31.4. The minimum Gasteiger partial charge on any atom is -0.360 e. The van der Waals surface area contributed by atoms with Gasteiger partial charge in [0.05, 0.1) is 5.88 Å². The molecule has 1 fully saturated rings. The van der Waals surface area contributed by atoms with Crippen LogP contribution in [0.1, 0.15) is 42.1 Å². The molecule has 0 saturated heterocycles. The van der Waals surface area contributed by atoms with Crippen LogP contribution in [0.15, 0.2) is 28.8 Å². The molecule has 2 nitrogen and oxygen atoms in total. The second-order valence-electron chi connectivity index (χ2n) is 4.67. The van der Waals surface area contributed by atoms with E-state index < -0.39 is 6.43 Å². The molecule has 1 aromatic heterocycles. The molecule has 0 spiro atoms. The zero-order valence-corrected chi connectivity index (χ0v) is 10.8. The van der Waals surface area contributed by atoms with E-state index in [-0.39, 0.29) is 11.4 Å². The highest BCUT2D eigenvalue weighted by Crippen LogP contribution is 2.45. The van der Waals surface area contributed by atoms with Gasteiger partial charge in [0.1, 0.15) is 11.5 Å². The van der Waals surface area contributed by atoms with Crippen molar-refractivity contribution in [3.05, 3.63) is 41.2 Å². The van der Waals surface area contributed by atoms with Crippen LogP contribution in [0, 0.1) is 0 Å². The Morgan fingerprint density at radius 3 is 2.68 bits per heavy atom. The predicted molar refractivity (Wildman–Crippen MR) is 68.4 cm³/mol. The fraction of sp³-hybridized carbons (Fsp3) is 0.357. The van der Waals surface area contributed by atoms with E-state index in [1.54, 1.807) is 18.2 Å². The highest BCUT2D eigenvalue weighted by atomic mass is 35.5. The molecule has 3 rings (SSSR count). The van der Waals surface area contributed by atoms with Gasteiger partial charge < -0.3 is 4.52 Å². The second-order valence-corrected chi connectivity index (χ2v) is 4.94. The van der Waals surface area contributed by atoms with Crippen molar-refractivity contribution < 1.29 is 13.3 Å². The monoisotopic (exact) mass is 283 g/mol. The van der Waals surface area contributed by atoms with Gasteiger partial charge in [0.2, 0.25) is 0 Å². The van der Waals surface area contributed by atoms with E-state index in [2.05, 4.69) is 5.16 Å². The first-order chi connectivity index (χ1) is 9.22. The van der Waals surface area contributed by atoms with E-state index in [1.807, 2.05) is 0 Å². The van der Waals surface area contributed by atoms with Gasteiger partial charge in [-0.2, -0.15) is 0 Å². The van der Waals surface area contributed by atoms with Crippen LogP contribution >= 0.6 is 11.6 Å². The molecule has 1 aliphatic carbocycles. The van der Waals surface area contributed by atoms with Crippen molar-refractivity contribution in [3.63, 3.8) is 0 Å². The molecule has 1 aliphatic rings. The van der Waals surface area contributed by atoms with Gasteiger partial charge in [-0.1, -0.05) is 29.4 Å². The average molecular weight is 284 g/mol. The summed E-state index contributed by atoms with van der Waals surface area (Å²) >= 11 is 5.94. The number of rotatable bonds is 4. The number of benzene rings is 1. The van der Waals surface area contributed by atoms with E-state index >= 15 is 0 Å². The molecule has 0 bridgehead atoms. The molecular weight excluding hydrogens is 272 g/mol. The average Bonchev–Trinajstić information content (AvgIpc) is 3.18. The first-order valence-electron chi connectivity index (χ1n) is 6.14. The minimum absolute atomic E-state index is 0.0375. The van der Waals surface area contributed by atoms with E-state index in [4.69, 9.17) is 16.1 Å². The lowest BCUT2D eigenvalue weighted by Gasteiger charge is -2.07. The van der Waals surface area contributed by atoms with Crippen LogP contribution in [0.3, 0.4) is 0 Å². The molecule has 0 aliphatic heterocycles. The molecule has 0 N–H and O–H groups in total. The molecular formula is C14H12ClF2NO. The van der Waals surface area contributed by atoms with Crippen molar-refractivity contribution in [3.8, 4) is 11.3 Å². The fourth-order valence-corrected chi connectivity index (χ4v) is 2.49. The van der Waals surface area contributed by atoms with Crippen LogP contribution in [0.25, 0.3) is 11.3 Å². The van der Waals surface area contributed by atoms with Gasteiger partial charge in [-0.25, -0.2) is 8.78 Å². The van der Waals surface area contributed by atoms with E-state index in [0.717, 1.165) is 24.2 Å². The molecule has 1 aromatic carbocycles. The van der Waals surface area contributed by atoms with Gasteiger partial charge in [0, 0.05) is 22.6 Å². The van der Waals surface area contributed by atoms with Gasteiger partial charge in [0.15, 0.2) is 0 Å². The minimum atomic E-state index is -2.54. The molecule has 0 amide bonds. The van der Waals surface area contributed by atoms with E-state index in [9.17, 15) is 8.78 Å². The number of hydrogen-bond acceptors (Lipinski definition) is 2. The summed E-state index contributed by atoms with van der Waals surface area (Å²) in [5.41, 5.74) is 1.57. The highest BCUT2D eigenvalue weighted by molar-refractivity contribution is 6.17. The van der Waals surface area contributed by atoms with Gasteiger partial charge in [-0.15, -0.1) is 11.6 Å². The van der Waals surface area contributed by atoms with Crippen LogP contribution in [-0.2, 0) is 5.88 Å². The Labute approximate surface area is 114 Å². The van der Waals surface area contributed by atoms with Crippen molar-refractivity contribution in [1.29, 1.82) is 0 Å². The predicted octanol–water partition coefficient (Wildman–Crippen LogP) is 4.90. The van der Waals surface area contributed by atoms with Crippen LogP contribution in [-0.4, -0.2) is 5.16 Å². The smallest absolute Gasteiger partial charge is 0.264 e. The van der Waals surface area contributed by atoms with Crippen molar-refractivity contribution in [2.45, 2.75) is 31.1 Å². The zero-order chi connectivity index (χ0) is 13.4. The summed E-state index contributed by atoms with van der Waals surface area (Å²) in [5.74, 6) is 1.34. The quantitative estimate of drug-likeness (QED) is 0.746. The van der Waals surface area contributed by atoms with Gasteiger partial charge in [0.25, 0.3) is 6.43 Å². The third-order valence-electron chi connectivity index (χ3n) is 3.35. The van der Waals surface area contributed by atoms with Crippen molar-refractivity contribution in [2.24, 2.45) is 0 Å². The molecule has 1 heterocycles. The third-order valence-corrected chi connectivity index (χ3v) is 3.62. The Hall–Kier alpha value is -1.42. The number of aromatic nitrogens is 1. The molecule has 1 saturated carbocycles. The fourth-order valence-electron chi connectivity index (χ4n) is 2.23. The lowest BCUT2D eigenvalue weighted by Crippen LogP contribution is -1.93. The molecule has 2 aromatic rings. The number of alkyl halides is 3. The van der Waals surface area contributed by atoms with Crippen molar-refractivity contribution in [1.82, 2.24) is 5.16 Å². The van der Waals surface area contributed by atoms with E-state index in [0.29, 0.717) is 17.2 Å². The van der Waals surface area contributed by atoms with Gasteiger partial charge >= 0.3 is 0 Å². The van der Waals surface area contributed by atoms with Crippen LogP contribution in [0.5, 0.6) is 0 Å². The standard InChI is InChI=1S/C14H12ClF2NO/c15-7-11-12(18-19-13(11)8-5-6-8)9-3-1-2-4-10(9)14(16)17/h1-4,8,14H,5-7H2. The number of halogens is 3. The lowest BCUT2D eigenvalue weighted by atomic mass is 10.0. The summed E-state index contributed by atoms with van der Waals surface area (Å²) in [6.07, 6.45) is -0.440. The summed E-state index contributed by atoms with van der Waals surface area (Å²) in [4.78, 5) is 0. The normalized spacial score (nSPS) is 15.2. The Balaban J connectivity index is 2.11. The van der Waals surface area contributed by atoms with E-state index in [1.165, 1.54) is 6.07 Å². The van der Waals surface area contributed by atoms with Crippen LogP contribution in [0.4, 0.5) is 8.78 Å². The number of nitrogens with zero attached hydrogens (tertiary/aromatic N) is 1. The summed E-state index contributed by atoms with van der Waals surface area (Å²) in [5, 5.41) is 3.97. The van der Waals surface area contributed by atoms with Crippen LogP contribution in [0.2, 0.25) is 0 Å². The van der Waals surface area contributed by atoms with Crippen LogP contribution < -0.4 is 0 Å². The van der Waals surface area contributed by atoms with Crippen molar-refractivity contribution in [2.75, 3.05) is 0 Å². The largest absolute Gasteiger partial charge is 0.360 e. The second kappa shape index (κ2) is 4.93. The molecule has 19 heavy (non-hydrogen) atoms. The Morgan fingerprint density at radius 2 is 2.05 bits per heavy atom. The first kappa shape index (κ1) is 12.6. The van der Waals surface area contributed by atoms with Gasteiger partial charge in [-0.05, 0) is 12.8 Å². The topological polar surface area (TPSA) is 26.0 Å². The highest BCUT2D eigenvalue weighted by Gasteiger charge is 2.32. The molecule has 0 radical (unpaired) electrons. The Morgan fingerprint density at radius 1 is 1.32 bits per heavy atom. The maximum atomic E-state index is 13.0. The van der Waals surface area contributed by atoms with Crippen molar-refractivity contribution >= 4 is 11.6 Å². The number of hydrogen-bond donors (Lipinski definition) is 0. The Bertz CT molecular complexity index is 593. The Kier molecular flexibility index (Phi) is 3.27. The lowest BCUT2D eigenvalue weighted by molar-refractivity contribution is 0.152. The molecule has 0 atom stereocenters. The molecule has 100 valence electrons. The summed E-state index contributed by atoms with van der Waals surface area (Å²) in [6.45, 7) is 0. The molecule has 0 unspecified atom stereocenters. The van der Waals surface area contributed by atoms with Gasteiger partial charge in [-0.3, -0.25) is 0 Å². The maximum Gasteiger partial charge on any atom is 0.264 e. The molecule has 5 heteroatoms. The summed E-state index contributed by atoms with van der Waals surface area (Å²) in [7, 11) is 0. The summed E-state index contributed by atoms with van der Waals surface area (Å²) in [6, 6.07) is 6.34. The third kappa shape index (κ3) is 2.25. The zero-order valence-electron chi connectivity index (χ0n) is 10.1. The maximum absolute atomic E-state index is 13.0. The first-order valence-corrected chi connectivity index (χ1v) is 6.67. The SMILES string of the molecule is FC(F)c1ccccc1-c1noc(C2CC2)c1CCl.